The highest BCUT2D eigenvalue weighted by Crippen LogP contribution is 2.48. The van der Waals surface area contributed by atoms with Crippen LogP contribution < -0.4 is 10.6 Å². The van der Waals surface area contributed by atoms with Gasteiger partial charge in [-0.15, -0.1) is 24.0 Å². The topological polar surface area (TPSA) is 39.7 Å². The molecule has 9 heteroatoms. The minimum Gasteiger partial charge on any atom is -0.357 e. The SMILES string of the molecule is CCNC(=NCC1(c2cccc(F)c2)CC1)NCC1CCN(CC(F)(F)F)C1.I. The van der Waals surface area contributed by atoms with Crippen molar-refractivity contribution in [3.8, 4) is 0 Å². The van der Waals surface area contributed by atoms with Crippen LogP contribution in [0.1, 0.15) is 31.7 Å². The average Bonchev–Trinajstić information content (AvgIpc) is 3.30. The summed E-state index contributed by atoms with van der Waals surface area (Å²) in [5.74, 6) is 0.603. The molecule has 164 valence electrons. The number of aliphatic imine (C=N–C) groups is 1. The maximum absolute atomic E-state index is 13.5. The Bertz CT molecular complexity index is 691. The molecule has 1 aliphatic carbocycles. The second-order valence-electron chi connectivity index (χ2n) is 7.87. The van der Waals surface area contributed by atoms with E-state index in [0.717, 1.165) is 24.8 Å². The highest BCUT2D eigenvalue weighted by atomic mass is 127. The lowest BCUT2D eigenvalue weighted by Crippen LogP contribution is -2.41. The largest absolute Gasteiger partial charge is 0.401 e. The van der Waals surface area contributed by atoms with E-state index >= 15 is 0 Å². The summed E-state index contributed by atoms with van der Waals surface area (Å²) in [5.41, 5.74) is 0.882. The summed E-state index contributed by atoms with van der Waals surface area (Å²) < 4.78 is 51.1. The van der Waals surface area contributed by atoms with Gasteiger partial charge in [-0.05, 0) is 56.3 Å². The average molecular weight is 528 g/mol. The number of alkyl halides is 3. The van der Waals surface area contributed by atoms with E-state index in [2.05, 4.69) is 15.6 Å². The lowest BCUT2D eigenvalue weighted by atomic mass is 9.96. The standard InChI is InChI=1S/C20H28F4N4.HI/c1-2-25-18(26-11-15-6-9-28(12-15)14-20(22,23)24)27-13-19(7-8-19)16-4-3-5-17(21)10-16;/h3-5,10,15H,2,6-9,11-14H2,1H3,(H2,25,26,27);1H. The molecule has 1 atom stereocenters. The number of rotatable bonds is 7. The smallest absolute Gasteiger partial charge is 0.357 e. The molecule has 0 radical (unpaired) electrons. The van der Waals surface area contributed by atoms with E-state index in [9.17, 15) is 17.6 Å². The van der Waals surface area contributed by atoms with Gasteiger partial charge >= 0.3 is 6.18 Å². The molecule has 1 aromatic carbocycles. The molecule has 2 N–H and O–H groups in total. The fourth-order valence-electron chi connectivity index (χ4n) is 3.80. The molecule has 1 unspecified atom stereocenters. The number of nitrogens with one attached hydrogen (secondary N) is 2. The van der Waals surface area contributed by atoms with Crippen molar-refractivity contribution >= 4 is 29.9 Å². The Morgan fingerprint density at radius 2 is 2.03 bits per heavy atom. The summed E-state index contributed by atoms with van der Waals surface area (Å²) in [7, 11) is 0. The third-order valence-corrected chi connectivity index (χ3v) is 5.51. The van der Waals surface area contributed by atoms with Crippen LogP contribution in [-0.4, -0.2) is 56.3 Å². The summed E-state index contributed by atoms with van der Waals surface area (Å²) in [6.45, 7) is 3.90. The number of likely N-dealkylation sites (tertiary alicyclic amines) is 1. The third-order valence-electron chi connectivity index (χ3n) is 5.51. The highest BCUT2D eigenvalue weighted by molar-refractivity contribution is 14.0. The Kier molecular flexibility index (Phi) is 8.57. The highest BCUT2D eigenvalue weighted by Gasteiger charge is 2.44. The first kappa shape index (κ1) is 24.2. The Morgan fingerprint density at radius 1 is 1.28 bits per heavy atom. The van der Waals surface area contributed by atoms with Gasteiger partial charge in [-0.1, -0.05) is 12.1 Å². The number of hydrogen-bond donors (Lipinski definition) is 2. The van der Waals surface area contributed by atoms with E-state index in [1.165, 1.54) is 11.0 Å². The van der Waals surface area contributed by atoms with Gasteiger partial charge in [0.2, 0.25) is 0 Å². The molecule has 1 heterocycles. The lowest BCUT2D eigenvalue weighted by Gasteiger charge is -2.19. The van der Waals surface area contributed by atoms with Crippen molar-refractivity contribution in [2.75, 3.05) is 39.3 Å². The zero-order chi connectivity index (χ0) is 20.2. The number of guanidine groups is 1. The van der Waals surface area contributed by atoms with Gasteiger partial charge in [0, 0.05) is 25.0 Å². The van der Waals surface area contributed by atoms with E-state index in [-0.39, 0.29) is 41.1 Å². The summed E-state index contributed by atoms with van der Waals surface area (Å²) in [6, 6.07) is 6.69. The van der Waals surface area contributed by atoms with Crippen LogP contribution in [0.15, 0.2) is 29.3 Å². The molecule has 0 aromatic heterocycles. The minimum atomic E-state index is -4.14. The van der Waals surface area contributed by atoms with Crippen LogP contribution in [0.3, 0.4) is 0 Å². The molecule has 1 saturated carbocycles. The van der Waals surface area contributed by atoms with Crippen LogP contribution in [0, 0.1) is 11.7 Å². The molecule has 0 spiro atoms. The molecule has 29 heavy (non-hydrogen) atoms. The van der Waals surface area contributed by atoms with E-state index in [1.54, 1.807) is 12.1 Å². The second kappa shape index (κ2) is 10.3. The zero-order valence-electron chi connectivity index (χ0n) is 16.6. The van der Waals surface area contributed by atoms with Crippen LogP contribution in [0.5, 0.6) is 0 Å². The first-order valence-electron chi connectivity index (χ1n) is 9.87. The molecule has 1 aromatic rings. The molecular weight excluding hydrogens is 499 g/mol. The van der Waals surface area contributed by atoms with Crippen molar-refractivity contribution < 1.29 is 17.6 Å². The van der Waals surface area contributed by atoms with Gasteiger partial charge in [0.1, 0.15) is 5.82 Å². The Labute approximate surface area is 186 Å². The molecule has 4 nitrogen and oxygen atoms in total. The summed E-state index contributed by atoms with van der Waals surface area (Å²) in [6.07, 6.45) is -1.44. The Morgan fingerprint density at radius 3 is 2.66 bits per heavy atom. The zero-order valence-corrected chi connectivity index (χ0v) is 18.9. The molecule has 0 bridgehead atoms. The van der Waals surface area contributed by atoms with E-state index in [4.69, 9.17) is 0 Å². The first-order chi connectivity index (χ1) is 13.3. The molecule has 0 amide bonds. The van der Waals surface area contributed by atoms with Crippen LogP contribution in [0.25, 0.3) is 0 Å². The summed E-state index contributed by atoms with van der Waals surface area (Å²) in [5, 5.41) is 6.46. The van der Waals surface area contributed by atoms with Crippen LogP contribution in [0.4, 0.5) is 17.6 Å². The summed E-state index contributed by atoms with van der Waals surface area (Å²) >= 11 is 0. The predicted octanol–water partition coefficient (Wildman–Crippen LogP) is 3.91. The maximum Gasteiger partial charge on any atom is 0.401 e. The Hall–Kier alpha value is -1.10. The van der Waals surface area contributed by atoms with Crippen molar-refractivity contribution in [1.82, 2.24) is 15.5 Å². The normalized spacial score (nSPS) is 21.6. The lowest BCUT2D eigenvalue weighted by molar-refractivity contribution is -0.143. The molecule has 1 aliphatic heterocycles. The van der Waals surface area contributed by atoms with Crippen LogP contribution in [-0.2, 0) is 5.41 Å². The molecule has 1 saturated heterocycles. The maximum atomic E-state index is 13.5. The van der Waals surface area contributed by atoms with Crippen LogP contribution in [0.2, 0.25) is 0 Å². The molecule has 2 aliphatic rings. The number of halogens is 5. The second-order valence-corrected chi connectivity index (χ2v) is 7.87. The van der Waals surface area contributed by atoms with Gasteiger partial charge in [-0.3, -0.25) is 9.89 Å². The fourth-order valence-corrected chi connectivity index (χ4v) is 3.80. The fraction of sp³-hybridized carbons (Fsp3) is 0.650. The Balaban J connectivity index is 0.00000300. The van der Waals surface area contributed by atoms with Crippen molar-refractivity contribution in [2.24, 2.45) is 10.9 Å². The molecular formula is C20H29F4IN4. The van der Waals surface area contributed by atoms with Gasteiger partial charge in [-0.2, -0.15) is 13.2 Å². The van der Waals surface area contributed by atoms with Crippen LogP contribution >= 0.6 is 24.0 Å². The number of hydrogen-bond acceptors (Lipinski definition) is 2. The monoisotopic (exact) mass is 528 g/mol. The summed E-state index contributed by atoms with van der Waals surface area (Å²) in [4.78, 5) is 6.13. The number of benzene rings is 1. The quantitative estimate of drug-likeness (QED) is 0.244. The van der Waals surface area contributed by atoms with E-state index in [0.29, 0.717) is 38.7 Å². The van der Waals surface area contributed by atoms with Crippen molar-refractivity contribution in [2.45, 2.75) is 37.8 Å². The van der Waals surface area contributed by atoms with Gasteiger partial charge in [0.05, 0.1) is 13.1 Å². The van der Waals surface area contributed by atoms with Crippen molar-refractivity contribution in [3.05, 3.63) is 35.6 Å². The van der Waals surface area contributed by atoms with Gasteiger partial charge in [-0.25, -0.2) is 4.39 Å². The molecule has 3 rings (SSSR count). The predicted molar refractivity (Wildman–Crippen MR) is 117 cm³/mol. The first-order valence-corrected chi connectivity index (χ1v) is 9.87. The van der Waals surface area contributed by atoms with Crippen molar-refractivity contribution in [3.63, 3.8) is 0 Å². The third kappa shape index (κ3) is 7.27. The van der Waals surface area contributed by atoms with Crippen molar-refractivity contribution in [1.29, 1.82) is 0 Å². The number of nitrogens with zero attached hydrogens (tertiary/aromatic N) is 2. The molecule has 2 fully saturated rings. The van der Waals surface area contributed by atoms with Gasteiger partial charge in [0.25, 0.3) is 0 Å². The van der Waals surface area contributed by atoms with E-state index < -0.39 is 12.7 Å². The van der Waals surface area contributed by atoms with E-state index in [1.807, 2.05) is 13.0 Å². The van der Waals surface area contributed by atoms with Gasteiger partial charge in [0.15, 0.2) is 5.96 Å². The minimum absolute atomic E-state index is 0. The van der Waals surface area contributed by atoms with Gasteiger partial charge < -0.3 is 10.6 Å².